The van der Waals surface area contributed by atoms with Crippen LogP contribution in [0.5, 0.6) is 0 Å². The van der Waals surface area contributed by atoms with Gasteiger partial charge in [-0.05, 0) is 55.6 Å². The molecule has 0 saturated carbocycles. The van der Waals surface area contributed by atoms with E-state index in [1.54, 1.807) is 12.1 Å². The fraction of sp³-hybridized carbons (Fsp3) is 0.0909. The van der Waals surface area contributed by atoms with Crippen molar-refractivity contribution in [2.75, 3.05) is 0 Å². The van der Waals surface area contributed by atoms with Gasteiger partial charge in [-0.2, -0.15) is 0 Å². The molecule has 0 nitrogen and oxygen atoms in total. The molecule has 0 bridgehead atoms. The first kappa shape index (κ1) is 13.8. The van der Waals surface area contributed by atoms with Gasteiger partial charge in [0.05, 0.1) is 18.7 Å². The van der Waals surface area contributed by atoms with E-state index in [2.05, 4.69) is 31.9 Å². The Morgan fingerprint density at radius 1 is 1.24 bits per heavy atom. The van der Waals surface area contributed by atoms with Gasteiger partial charge in [0, 0.05) is 4.88 Å². The monoisotopic (exact) mass is 416 g/mol. The van der Waals surface area contributed by atoms with E-state index in [9.17, 15) is 4.39 Å². The summed E-state index contributed by atoms with van der Waals surface area (Å²) in [5.41, 5.74) is 0.824. The number of thiophene rings is 1. The molecule has 1 unspecified atom stereocenters. The Morgan fingerprint density at radius 3 is 2.47 bits per heavy atom. The quantitative estimate of drug-likeness (QED) is 0.495. The molecule has 0 radical (unpaired) electrons. The molecular weight excluding hydrogens is 414 g/mol. The number of benzene rings is 1. The van der Waals surface area contributed by atoms with Gasteiger partial charge in [-0.25, -0.2) is 4.39 Å². The lowest BCUT2D eigenvalue weighted by Gasteiger charge is -2.08. The zero-order chi connectivity index (χ0) is 12.6. The second kappa shape index (κ2) is 5.57. The Bertz CT molecular complexity index is 537. The Labute approximate surface area is 129 Å². The van der Waals surface area contributed by atoms with Gasteiger partial charge in [0.15, 0.2) is 0 Å². The van der Waals surface area contributed by atoms with E-state index in [0.29, 0.717) is 9.50 Å². The Balaban J connectivity index is 2.36. The number of hydrogen-bond acceptors (Lipinski definition) is 1. The molecule has 0 saturated heterocycles. The maximum atomic E-state index is 13.1. The van der Waals surface area contributed by atoms with Crippen LogP contribution in [0.25, 0.3) is 0 Å². The van der Waals surface area contributed by atoms with Gasteiger partial charge in [0.25, 0.3) is 0 Å². The summed E-state index contributed by atoms with van der Waals surface area (Å²) >= 11 is 20.2. The van der Waals surface area contributed by atoms with E-state index in [1.165, 1.54) is 17.4 Å². The molecule has 1 atom stereocenters. The topological polar surface area (TPSA) is 0 Å². The third-order valence-corrected chi connectivity index (χ3v) is 5.91. The first-order chi connectivity index (χ1) is 7.99. The first-order valence-electron chi connectivity index (χ1n) is 4.53. The highest BCUT2D eigenvalue weighted by Crippen LogP contribution is 2.40. The van der Waals surface area contributed by atoms with E-state index in [4.69, 9.17) is 23.2 Å². The molecule has 0 N–H and O–H groups in total. The minimum atomic E-state index is -0.333. The van der Waals surface area contributed by atoms with E-state index in [0.717, 1.165) is 14.2 Å². The summed E-state index contributed by atoms with van der Waals surface area (Å²) in [5.74, 6) is -0.303. The van der Waals surface area contributed by atoms with Crippen LogP contribution in [0.3, 0.4) is 0 Å². The normalized spacial score (nSPS) is 12.8. The van der Waals surface area contributed by atoms with Crippen LogP contribution in [0.15, 0.2) is 32.5 Å². The summed E-state index contributed by atoms with van der Waals surface area (Å²) in [6.07, 6.45) is 0. The number of halogens is 5. The van der Waals surface area contributed by atoms with Crippen molar-refractivity contribution in [3.05, 3.63) is 53.8 Å². The molecule has 17 heavy (non-hydrogen) atoms. The fourth-order valence-electron chi connectivity index (χ4n) is 1.32. The van der Waals surface area contributed by atoms with Crippen molar-refractivity contribution >= 4 is 66.4 Å². The predicted octanol–water partition coefficient (Wildman–Crippen LogP) is 6.39. The fourth-order valence-corrected chi connectivity index (χ4v) is 3.80. The summed E-state index contributed by atoms with van der Waals surface area (Å²) < 4.78 is 14.4. The van der Waals surface area contributed by atoms with Crippen molar-refractivity contribution < 1.29 is 4.39 Å². The van der Waals surface area contributed by atoms with Crippen LogP contribution in [0.4, 0.5) is 4.39 Å². The Kier molecular flexibility index (Phi) is 4.53. The van der Waals surface area contributed by atoms with Gasteiger partial charge >= 0.3 is 0 Å². The summed E-state index contributed by atoms with van der Waals surface area (Å²) in [6.45, 7) is 0. The average molecular weight is 419 g/mol. The average Bonchev–Trinajstić information content (AvgIpc) is 2.62. The summed E-state index contributed by atoms with van der Waals surface area (Å²) in [6, 6.07) is 6.54. The van der Waals surface area contributed by atoms with Crippen LogP contribution in [0.2, 0.25) is 5.02 Å². The lowest BCUT2D eigenvalue weighted by Crippen LogP contribution is -1.91. The van der Waals surface area contributed by atoms with Gasteiger partial charge in [0.1, 0.15) is 5.82 Å². The van der Waals surface area contributed by atoms with E-state index < -0.39 is 0 Å². The molecule has 1 aromatic carbocycles. The standard InChI is InChI=1S/C11H5Br2Cl2FS/c12-6-3-5(1-2-8(6)16)10(15)9-4-7(14)11(13)17-9/h1-4,10H. The molecule has 0 aliphatic carbocycles. The van der Waals surface area contributed by atoms with Crippen LogP contribution < -0.4 is 0 Å². The lowest BCUT2D eigenvalue weighted by atomic mass is 10.1. The Hall–Kier alpha value is 0.390. The van der Waals surface area contributed by atoms with Gasteiger partial charge in [-0.3, -0.25) is 0 Å². The third-order valence-electron chi connectivity index (χ3n) is 2.15. The highest BCUT2D eigenvalue weighted by atomic mass is 79.9. The van der Waals surface area contributed by atoms with Gasteiger partial charge < -0.3 is 0 Å². The van der Waals surface area contributed by atoms with Crippen molar-refractivity contribution in [1.82, 2.24) is 0 Å². The van der Waals surface area contributed by atoms with E-state index in [1.807, 2.05) is 6.07 Å². The van der Waals surface area contributed by atoms with Crippen molar-refractivity contribution in [2.24, 2.45) is 0 Å². The van der Waals surface area contributed by atoms with Crippen molar-refractivity contribution in [3.63, 3.8) is 0 Å². The minimum Gasteiger partial charge on any atom is -0.206 e. The SMILES string of the molecule is Fc1ccc(C(Cl)c2cc(Cl)c(Br)s2)cc1Br. The first-order valence-corrected chi connectivity index (χ1v) is 7.74. The molecule has 90 valence electrons. The summed E-state index contributed by atoms with van der Waals surface area (Å²) in [4.78, 5) is 0.919. The largest absolute Gasteiger partial charge is 0.206 e. The molecule has 0 spiro atoms. The number of hydrogen-bond donors (Lipinski definition) is 0. The Morgan fingerprint density at radius 2 is 1.94 bits per heavy atom. The van der Waals surface area contributed by atoms with Crippen molar-refractivity contribution in [3.8, 4) is 0 Å². The highest BCUT2D eigenvalue weighted by Gasteiger charge is 2.16. The maximum absolute atomic E-state index is 13.1. The van der Waals surface area contributed by atoms with Crippen molar-refractivity contribution in [1.29, 1.82) is 0 Å². The summed E-state index contributed by atoms with van der Waals surface area (Å²) in [5, 5.41) is 0.303. The third kappa shape index (κ3) is 3.04. The minimum absolute atomic E-state index is 0.303. The van der Waals surface area contributed by atoms with E-state index in [-0.39, 0.29) is 11.2 Å². The molecule has 6 heteroatoms. The molecule has 0 fully saturated rings. The molecule has 1 aromatic heterocycles. The number of alkyl halides is 1. The maximum Gasteiger partial charge on any atom is 0.137 e. The van der Waals surface area contributed by atoms with Crippen LogP contribution in [-0.2, 0) is 0 Å². The smallest absolute Gasteiger partial charge is 0.137 e. The summed E-state index contributed by atoms with van der Waals surface area (Å²) in [7, 11) is 0. The predicted molar refractivity (Wildman–Crippen MR) is 78.8 cm³/mol. The van der Waals surface area contributed by atoms with Crippen LogP contribution in [0, 0.1) is 5.82 Å². The van der Waals surface area contributed by atoms with Crippen LogP contribution in [0.1, 0.15) is 15.8 Å². The molecule has 1 heterocycles. The van der Waals surface area contributed by atoms with Gasteiger partial charge in [-0.15, -0.1) is 22.9 Å². The van der Waals surface area contributed by atoms with Crippen molar-refractivity contribution in [2.45, 2.75) is 5.38 Å². The second-order valence-corrected chi connectivity index (χ2v) is 7.41. The van der Waals surface area contributed by atoms with Gasteiger partial charge in [0.2, 0.25) is 0 Å². The lowest BCUT2D eigenvalue weighted by molar-refractivity contribution is 0.620. The molecule has 2 aromatic rings. The molecule has 0 aliphatic heterocycles. The molecular formula is C11H5Br2Cl2FS. The molecule has 0 amide bonds. The zero-order valence-corrected chi connectivity index (χ0v) is 13.7. The second-order valence-electron chi connectivity index (χ2n) is 3.31. The zero-order valence-electron chi connectivity index (χ0n) is 8.18. The van der Waals surface area contributed by atoms with Crippen LogP contribution >= 0.6 is 66.4 Å². The highest BCUT2D eigenvalue weighted by molar-refractivity contribution is 9.11. The molecule has 2 rings (SSSR count). The van der Waals surface area contributed by atoms with E-state index >= 15 is 0 Å². The van der Waals surface area contributed by atoms with Gasteiger partial charge in [-0.1, -0.05) is 17.7 Å². The van der Waals surface area contributed by atoms with Crippen LogP contribution in [-0.4, -0.2) is 0 Å². The number of rotatable bonds is 2. The molecule has 0 aliphatic rings.